The molecule has 3 rings (SSSR count). The molecule has 1 aromatic carbocycles. The lowest BCUT2D eigenvalue weighted by molar-refractivity contribution is -0.154. The van der Waals surface area contributed by atoms with Gasteiger partial charge in [-0.05, 0) is 25.5 Å². The molecule has 0 saturated carbocycles. The number of carbonyl (C=O) groups is 2. The van der Waals surface area contributed by atoms with Gasteiger partial charge in [-0.25, -0.2) is 4.79 Å². The zero-order valence-corrected chi connectivity index (χ0v) is 15.4. The average Bonchev–Trinajstić information content (AvgIpc) is 2.90. The molecule has 8 heteroatoms. The number of hydrogen-bond donors (Lipinski definition) is 1. The van der Waals surface area contributed by atoms with Crippen LogP contribution < -0.4 is 0 Å². The Hall–Kier alpha value is -2.38. The highest BCUT2D eigenvalue weighted by molar-refractivity contribution is 6.31. The van der Waals surface area contributed by atoms with Gasteiger partial charge in [-0.2, -0.15) is 5.10 Å². The summed E-state index contributed by atoms with van der Waals surface area (Å²) in [6.45, 7) is 4.66. The van der Waals surface area contributed by atoms with Crippen molar-refractivity contribution in [3.63, 3.8) is 0 Å². The van der Waals surface area contributed by atoms with E-state index in [1.165, 1.54) is 4.90 Å². The van der Waals surface area contributed by atoms with E-state index >= 15 is 0 Å². The summed E-state index contributed by atoms with van der Waals surface area (Å²) >= 11 is 6.22. The number of amides is 1. The molecule has 1 aliphatic rings. The Labute approximate surface area is 156 Å². The van der Waals surface area contributed by atoms with E-state index in [-0.39, 0.29) is 19.1 Å². The molecule has 1 N–H and O–H groups in total. The zero-order valence-electron chi connectivity index (χ0n) is 14.6. The van der Waals surface area contributed by atoms with Crippen LogP contribution in [0.5, 0.6) is 0 Å². The fourth-order valence-corrected chi connectivity index (χ4v) is 3.29. The van der Waals surface area contributed by atoms with Crippen LogP contribution in [0.4, 0.5) is 0 Å². The molecule has 0 aliphatic carbocycles. The van der Waals surface area contributed by atoms with Crippen molar-refractivity contribution in [3.8, 4) is 0 Å². The largest absolute Gasteiger partial charge is 0.479 e. The lowest BCUT2D eigenvalue weighted by Crippen LogP contribution is -2.48. The first kappa shape index (κ1) is 18.4. The Morgan fingerprint density at radius 2 is 2.08 bits per heavy atom. The van der Waals surface area contributed by atoms with Crippen LogP contribution in [0.25, 0.3) is 0 Å². The summed E-state index contributed by atoms with van der Waals surface area (Å²) in [6.07, 6.45) is -0.994. The maximum Gasteiger partial charge on any atom is 0.334 e. The highest BCUT2D eigenvalue weighted by atomic mass is 35.5. The second kappa shape index (κ2) is 7.47. The van der Waals surface area contributed by atoms with Gasteiger partial charge in [0.05, 0.1) is 31.0 Å². The molecule has 7 nitrogen and oxygen atoms in total. The van der Waals surface area contributed by atoms with Crippen LogP contribution in [0.15, 0.2) is 24.3 Å². The van der Waals surface area contributed by atoms with E-state index in [1.807, 2.05) is 31.2 Å². The molecule has 0 bridgehead atoms. The first-order valence-electron chi connectivity index (χ1n) is 8.29. The maximum absolute atomic E-state index is 12.9. The van der Waals surface area contributed by atoms with Crippen LogP contribution in [-0.4, -0.2) is 57.5 Å². The van der Waals surface area contributed by atoms with E-state index in [1.54, 1.807) is 11.6 Å². The molecule has 2 heterocycles. The topological polar surface area (TPSA) is 84.7 Å². The molecular weight excluding hydrogens is 358 g/mol. The third-order valence-corrected chi connectivity index (χ3v) is 4.87. The number of carboxylic acid groups (broad SMARTS) is 1. The molecule has 1 saturated heterocycles. The van der Waals surface area contributed by atoms with Crippen molar-refractivity contribution in [1.29, 1.82) is 0 Å². The fourth-order valence-electron chi connectivity index (χ4n) is 3.09. The Morgan fingerprint density at radius 1 is 1.35 bits per heavy atom. The van der Waals surface area contributed by atoms with Gasteiger partial charge >= 0.3 is 5.97 Å². The van der Waals surface area contributed by atoms with Crippen LogP contribution >= 0.6 is 11.6 Å². The predicted octanol–water partition coefficient (Wildman–Crippen LogP) is 2.13. The minimum Gasteiger partial charge on any atom is -0.479 e. The Morgan fingerprint density at radius 3 is 2.77 bits per heavy atom. The van der Waals surface area contributed by atoms with Crippen LogP contribution in [0.1, 0.15) is 27.3 Å². The second-order valence-electron chi connectivity index (χ2n) is 6.24. The van der Waals surface area contributed by atoms with Crippen molar-refractivity contribution >= 4 is 23.5 Å². The average molecular weight is 378 g/mol. The van der Waals surface area contributed by atoms with Crippen molar-refractivity contribution in [2.75, 3.05) is 19.7 Å². The van der Waals surface area contributed by atoms with Gasteiger partial charge < -0.3 is 14.7 Å². The molecule has 1 fully saturated rings. The Bertz CT molecular complexity index is 849. The lowest BCUT2D eigenvalue weighted by atomic mass is 10.1. The minimum atomic E-state index is -1.06. The van der Waals surface area contributed by atoms with Crippen LogP contribution in [0.3, 0.4) is 0 Å². The fraction of sp³-hybridized carbons (Fsp3) is 0.389. The third-order valence-electron chi connectivity index (χ3n) is 4.50. The lowest BCUT2D eigenvalue weighted by Gasteiger charge is -2.31. The monoisotopic (exact) mass is 377 g/mol. The molecule has 1 atom stereocenters. The quantitative estimate of drug-likeness (QED) is 0.882. The summed E-state index contributed by atoms with van der Waals surface area (Å²) in [6, 6.07) is 7.49. The van der Waals surface area contributed by atoms with Gasteiger partial charge in [-0.1, -0.05) is 29.8 Å². The molecule has 1 amide bonds. The minimum absolute atomic E-state index is 0.0305. The van der Waals surface area contributed by atoms with Crippen LogP contribution in [0, 0.1) is 13.8 Å². The molecule has 2 aromatic rings. The number of nitrogens with zero attached hydrogens (tertiary/aromatic N) is 3. The summed E-state index contributed by atoms with van der Waals surface area (Å²) in [5.41, 5.74) is 2.75. The Kier molecular flexibility index (Phi) is 5.29. The number of halogens is 1. The van der Waals surface area contributed by atoms with Crippen molar-refractivity contribution in [1.82, 2.24) is 14.7 Å². The normalized spacial score (nSPS) is 17.3. The van der Waals surface area contributed by atoms with Gasteiger partial charge in [0.25, 0.3) is 5.91 Å². The maximum atomic E-state index is 12.9. The highest BCUT2D eigenvalue weighted by Gasteiger charge is 2.31. The van der Waals surface area contributed by atoms with E-state index in [9.17, 15) is 9.59 Å². The predicted molar refractivity (Wildman–Crippen MR) is 95.5 cm³/mol. The molecule has 0 spiro atoms. The molecule has 138 valence electrons. The third kappa shape index (κ3) is 3.59. The van der Waals surface area contributed by atoms with Gasteiger partial charge in [0.1, 0.15) is 0 Å². The molecule has 26 heavy (non-hydrogen) atoms. The molecular formula is C18H20ClN3O4. The van der Waals surface area contributed by atoms with Crippen molar-refractivity contribution in [2.45, 2.75) is 26.5 Å². The molecule has 1 aliphatic heterocycles. The number of aryl methyl sites for hydroxylation is 1. The summed E-state index contributed by atoms with van der Waals surface area (Å²) < 4.78 is 6.93. The van der Waals surface area contributed by atoms with Gasteiger partial charge in [-0.3, -0.25) is 9.48 Å². The number of carboxylic acids is 1. The molecule has 0 radical (unpaired) electrons. The van der Waals surface area contributed by atoms with Crippen molar-refractivity contribution < 1.29 is 19.4 Å². The van der Waals surface area contributed by atoms with Gasteiger partial charge in [-0.15, -0.1) is 0 Å². The zero-order chi connectivity index (χ0) is 18.8. The number of benzene rings is 1. The summed E-state index contributed by atoms with van der Waals surface area (Å²) in [5.74, 6) is -1.29. The van der Waals surface area contributed by atoms with E-state index in [0.717, 1.165) is 11.3 Å². The highest BCUT2D eigenvalue weighted by Crippen LogP contribution is 2.21. The van der Waals surface area contributed by atoms with Crippen molar-refractivity contribution in [3.05, 3.63) is 51.8 Å². The second-order valence-corrected chi connectivity index (χ2v) is 6.65. The first-order chi connectivity index (χ1) is 12.4. The van der Waals surface area contributed by atoms with E-state index < -0.39 is 12.1 Å². The number of ether oxygens (including phenoxy) is 1. The van der Waals surface area contributed by atoms with Gasteiger partial charge in [0, 0.05) is 17.3 Å². The summed E-state index contributed by atoms with van der Waals surface area (Å²) in [7, 11) is 0. The molecule has 1 aromatic heterocycles. The molecule has 0 unspecified atom stereocenters. The van der Waals surface area contributed by atoms with Gasteiger partial charge in [0.15, 0.2) is 6.10 Å². The number of aliphatic carboxylic acids is 1. The first-order valence-corrected chi connectivity index (χ1v) is 8.67. The summed E-state index contributed by atoms with van der Waals surface area (Å²) in [5, 5.41) is 14.2. The van der Waals surface area contributed by atoms with Crippen molar-refractivity contribution in [2.24, 2.45) is 0 Å². The number of aromatic nitrogens is 2. The van der Waals surface area contributed by atoms with Gasteiger partial charge in [0.2, 0.25) is 0 Å². The van der Waals surface area contributed by atoms with E-state index in [4.69, 9.17) is 21.4 Å². The standard InChI is InChI=1S/C18H20ClN3O4/c1-11-16(17(23)21-7-8-26-15(10-21)18(24)25)12(2)22(20-11)9-13-5-3-4-6-14(13)19/h3-6,15H,7-10H2,1-2H3,(H,24,25)/t15-/m0/s1. The van der Waals surface area contributed by atoms with E-state index in [0.29, 0.717) is 29.4 Å². The number of rotatable bonds is 4. The van der Waals surface area contributed by atoms with Crippen LogP contribution in [-0.2, 0) is 16.1 Å². The SMILES string of the molecule is Cc1nn(Cc2ccccc2Cl)c(C)c1C(=O)N1CCO[C@H](C(=O)O)C1. The van der Waals surface area contributed by atoms with Crippen LogP contribution in [0.2, 0.25) is 5.02 Å². The van der Waals surface area contributed by atoms with E-state index in [2.05, 4.69) is 5.10 Å². The number of hydrogen-bond acceptors (Lipinski definition) is 4. The number of carbonyl (C=O) groups excluding carboxylic acids is 1. The summed E-state index contributed by atoms with van der Waals surface area (Å²) in [4.78, 5) is 25.6. The number of morpholine rings is 1. The Balaban J connectivity index is 1.84. The smallest absolute Gasteiger partial charge is 0.334 e.